The van der Waals surface area contributed by atoms with Crippen molar-refractivity contribution in [3.05, 3.63) is 46.8 Å². The predicted molar refractivity (Wildman–Crippen MR) is 92.0 cm³/mol. The Morgan fingerprint density at radius 2 is 2.22 bits per heavy atom. The van der Waals surface area contributed by atoms with Crippen LogP contribution in [0.5, 0.6) is 0 Å². The third-order valence-corrected chi connectivity index (χ3v) is 5.01. The maximum absolute atomic E-state index is 12.7. The highest BCUT2D eigenvalue weighted by molar-refractivity contribution is 7.13. The highest BCUT2D eigenvalue weighted by atomic mass is 32.1. The second-order valence-electron chi connectivity index (χ2n) is 5.77. The molecule has 1 aliphatic heterocycles. The third-order valence-electron chi connectivity index (χ3n) is 3.94. The van der Waals surface area contributed by atoms with Gasteiger partial charge in [0, 0.05) is 24.0 Å². The van der Waals surface area contributed by atoms with Crippen LogP contribution >= 0.6 is 11.3 Å². The number of likely N-dealkylation sites (N-methyl/N-ethyl adjacent to an activating group) is 1. The summed E-state index contributed by atoms with van der Waals surface area (Å²) in [5.41, 5.74) is 3.03. The van der Waals surface area contributed by atoms with E-state index in [4.69, 9.17) is 9.47 Å². The molecule has 0 aliphatic carbocycles. The molecule has 1 aromatic heterocycles. The molecule has 1 amide bonds. The fraction of sp³-hybridized carbons (Fsp3) is 0.389. The summed E-state index contributed by atoms with van der Waals surface area (Å²) in [6.45, 7) is 4.41. The summed E-state index contributed by atoms with van der Waals surface area (Å²) in [7, 11) is 1.81. The van der Waals surface area contributed by atoms with Gasteiger partial charge in [0.25, 0.3) is 5.91 Å². The van der Waals surface area contributed by atoms with Crippen molar-refractivity contribution in [1.82, 2.24) is 4.90 Å². The van der Waals surface area contributed by atoms with Crippen LogP contribution in [0, 0.1) is 6.92 Å². The molecule has 1 atom stereocenters. The monoisotopic (exact) mass is 331 g/mol. The summed E-state index contributed by atoms with van der Waals surface area (Å²) in [5, 5.41) is 2.08. The summed E-state index contributed by atoms with van der Waals surface area (Å²) < 4.78 is 11.0. The molecule has 23 heavy (non-hydrogen) atoms. The molecule has 0 radical (unpaired) electrons. The molecule has 2 aromatic rings. The van der Waals surface area contributed by atoms with E-state index in [9.17, 15) is 4.79 Å². The lowest BCUT2D eigenvalue weighted by Gasteiger charge is -2.27. The number of hydrogen-bond donors (Lipinski definition) is 0. The van der Waals surface area contributed by atoms with E-state index in [1.165, 1.54) is 10.4 Å². The number of ether oxygens (including phenoxy) is 2. The number of nitrogens with zero attached hydrogens (tertiary/aromatic N) is 1. The van der Waals surface area contributed by atoms with Gasteiger partial charge in [0.05, 0.1) is 25.9 Å². The Morgan fingerprint density at radius 1 is 1.35 bits per heavy atom. The number of rotatable bonds is 4. The van der Waals surface area contributed by atoms with Crippen molar-refractivity contribution in [1.29, 1.82) is 0 Å². The van der Waals surface area contributed by atoms with Gasteiger partial charge in [-0.1, -0.05) is 12.1 Å². The van der Waals surface area contributed by atoms with E-state index in [0.717, 1.165) is 5.56 Å². The molecule has 1 aliphatic rings. The molecule has 5 heteroatoms. The standard InChI is InChI=1S/C18H21NO3S/c1-13-6-9-23-17(13)14-4-3-5-15(10-14)18(20)19(2)11-16-12-21-7-8-22-16/h3-6,9-10,16H,7-8,11-12H2,1-2H3/t16-/m1/s1. The topological polar surface area (TPSA) is 38.8 Å². The van der Waals surface area contributed by atoms with Crippen LogP contribution in [-0.4, -0.2) is 50.3 Å². The largest absolute Gasteiger partial charge is 0.376 e. The molecule has 0 N–H and O–H groups in total. The van der Waals surface area contributed by atoms with Crippen LogP contribution < -0.4 is 0 Å². The molecule has 0 spiro atoms. The number of carbonyl (C=O) groups is 1. The maximum atomic E-state index is 12.7. The molecule has 0 saturated carbocycles. The van der Waals surface area contributed by atoms with Crippen molar-refractivity contribution in [2.24, 2.45) is 0 Å². The lowest BCUT2D eigenvalue weighted by molar-refractivity contribution is -0.0933. The Morgan fingerprint density at radius 3 is 2.91 bits per heavy atom. The number of amides is 1. The van der Waals surface area contributed by atoms with E-state index in [-0.39, 0.29) is 12.0 Å². The first-order valence-corrected chi connectivity index (χ1v) is 8.62. The van der Waals surface area contributed by atoms with Crippen LogP contribution in [0.1, 0.15) is 15.9 Å². The minimum atomic E-state index is -0.0413. The van der Waals surface area contributed by atoms with Crippen molar-refractivity contribution >= 4 is 17.2 Å². The zero-order chi connectivity index (χ0) is 16.2. The number of hydrogen-bond acceptors (Lipinski definition) is 4. The SMILES string of the molecule is Cc1ccsc1-c1cccc(C(=O)N(C)C[C@@H]2COCCO2)c1. The zero-order valence-corrected chi connectivity index (χ0v) is 14.3. The van der Waals surface area contributed by atoms with Crippen molar-refractivity contribution in [2.75, 3.05) is 33.4 Å². The average Bonchev–Trinajstić information content (AvgIpc) is 3.01. The van der Waals surface area contributed by atoms with Gasteiger partial charge in [-0.15, -0.1) is 11.3 Å². The summed E-state index contributed by atoms with van der Waals surface area (Å²) in [4.78, 5) is 15.6. The van der Waals surface area contributed by atoms with E-state index in [0.29, 0.717) is 31.9 Å². The van der Waals surface area contributed by atoms with E-state index in [2.05, 4.69) is 18.4 Å². The summed E-state index contributed by atoms with van der Waals surface area (Å²) in [5.74, 6) is 0.00947. The average molecular weight is 331 g/mol. The quantitative estimate of drug-likeness (QED) is 0.863. The summed E-state index contributed by atoms with van der Waals surface area (Å²) >= 11 is 1.70. The molecular weight excluding hydrogens is 310 g/mol. The van der Waals surface area contributed by atoms with Crippen molar-refractivity contribution < 1.29 is 14.3 Å². The molecule has 0 bridgehead atoms. The van der Waals surface area contributed by atoms with Crippen molar-refractivity contribution in [3.63, 3.8) is 0 Å². The smallest absolute Gasteiger partial charge is 0.253 e. The highest BCUT2D eigenvalue weighted by Gasteiger charge is 2.20. The lowest BCUT2D eigenvalue weighted by atomic mass is 10.1. The molecular formula is C18H21NO3S. The van der Waals surface area contributed by atoms with Crippen molar-refractivity contribution in [3.8, 4) is 10.4 Å². The first-order valence-electron chi connectivity index (χ1n) is 7.74. The van der Waals surface area contributed by atoms with Crippen LogP contribution in [0.3, 0.4) is 0 Å². The van der Waals surface area contributed by atoms with Crippen LogP contribution in [0.2, 0.25) is 0 Å². The Kier molecular flexibility index (Phi) is 5.10. The second kappa shape index (κ2) is 7.25. The van der Waals surface area contributed by atoms with Gasteiger partial charge in [0.1, 0.15) is 0 Å². The summed E-state index contributed by atoms with van der Waals surface area (Å²) in [6, 6.07) is 9.92. The third kappa shape index (κ3) is 3.80. The van der Waals surface area contributed by atoms with Gasteiger partial charge in [-0.2, -0.15) is 0 Å². The minimum Gasteiger partial charge on any atom is -0.376 e. The number of carbonyl (C=O) groups excluding carboxylic acids is 1. The van der Waals surface area contributed by atoms with E-state index >= 15 is 0 Å². The van der Waals surface area contributed by atoms with Gasteiger partial charge >= 0.3 is 0 Å². The van der Waals surface area contributed by atoms with Crippen LogP contribution in [-0.2, 0) is 9.47 Å². The zero-order valence-electron chi connectivity index (χ0n) is 13.5. The fourth-order valence-corrected chi connectivity index (χ4v) is 3.64. The summed E-state index contributed by atoms with van der Waals surface area (Å²) in [6.07, 6.45) is -0.0413. The molecule has 122 valence electrons. The van der Waals surface area contributed by atoms with Gasteiger partial charge in [0.15, 0.2) is 0 Å². The molecule has 1 aromatic carbocycles. The first kappa shape index (κ1) is 16.2. The maximum Gasteiger partial charge on any atom is 0.253 e. The van der Waals surface area contributed by atoms with Crippen LogP contribution in [0.25, 0.3) is 10.4 Å². The normalized spacial score (nSPS) is 17.9. The van der Waals surface area contributed by atoms with Gasteiger partial charge in [-0.25, -0.2) is 0 Å². The Bertz CT molecular complexity index is 676. The molecule has 3 rings (SSSR count). The van der Waals surface area contributed by atoms with E-state index in [1.807, 2.05) is 31.3 Å². The predicted octanol–water partition coefficient (Wildman–Crippen LogP) is 3.21. The highest BCUT2D eigenvalue weighted by Crippen LogP contribution is 2.29. The van der Waals surface area contributed by atoms with Gasteiger partial charge in [-0.05, 0) is 41.6 Å². The molecule has 1 fully saturated rings. The minimum absolute atomic E-state index is 0.00947. The Labute approximate surface area is 140 Å². The van der Waals surface area contributed by atoms with E-state index in [1.54, 1.807) is 16.2 Å². The van der Waals surface area contributed by atoms with Gasteiger partial charge in [-0.3, -0.25) is 4.79 Å². The number of aryl methyl sites for hydroxylation is 1. The van der Waals surface area contributed by atoms with Crippen molar-refractivity contribution in [2.45, 2.75) is 13.0 Å². The Balaban J connectivity index is 1.73. The Hall–Kier alpha value is -1.69. The second-order valence-corrected chi connectivity index (χ2v) is 6.68. The molecule has 2 heterocycles. The number of benzene rings is 1. The fourth-order valence-electron chi connectivity index (χ4n) is 2.71. The molecule has 0 unspecified atom stereocenters. The van der Waals surface area contributed by atoms with Gasteiger partial charge < -0.3 is 14.4 Å². The van der Waals surface area contributed by atoms with Crippen LogP contribution in [0.15, 0.2) is 35.7 Å². The van der Waals surface area contributed by atoms with Crippen LogP contribution in [0.4, 0.5) is 0 Å². The number of thiophene rings is 1. The van der Waals surface area contributed by atoms with E-state index < -0.39 is 0 Å². The molecule has 1 saturated heterocycles. The first-order chi connectivity index (χ1) is 11.1. The van der Waals surface area contributed by atoms with Gasteiger partial charge in [0.2, 0.25) is 0 Å². The lowest BCUT2D eigenvalue weighted by Crippen LogP contribution is -2.40. The molecule has 4 nitrogen and oxygen atoms in total.